The van der Waals surface area contributed by atoms with Gasteiger partial charge in [0.25, 0.3) is 0 Å². The molecule has 1 unspecified atom stereocenters. The van der Waals surface area contributed by atoms with Crippen molar-refractivity contribution in [3.05, 3.63) is 29.8 Å². The Labute approximate surface area is 123 Å². The minimum absolute atomic E-state index is 0.108. The van der Waals surface area contributed by atoms with Crippen molar-refractivity contribution < 1.29 is 14.7 Å². The van der Waals surface area contributed by atoms with Gasteiger partial charge in [-0.1, -0.05) is 25.1 Å². The second kappa shape index (κ2) is 5.39. The number of para-hydroxylation sites is 1. The van der Waals surface area contributed by atoms with Crippen LogP contribution in [0.4, 0.5) is 10.5 Å². The standard InChI is InChI=1S/C16H20N2O3/c1-10-8-11(9-10)17-16(21)18-7-6-13(15(19)20)12-4-2-3-5-14(12)18/h2-5,10-11,13H,6-9H2,1H3,(H,17,21)(H,19,20). The molecular weight excluding hydrogens is 268 g/mol. The first kappa shape index (κ1) is 13.9. The first-order valence-electron chi connectivity index (χ1n) is 7.46. The van der Waals surface area contributed by atoms with E-state index in [1.807, 2.05) is 18.2 Å². The van der Waals surface area contributed by atoms with Crippen LogP contribution in [0.25, 0.3) is 0 Å². The van der Waals surface area contributed by atoms with Gasteiger partial charge in [-0.15, -0.1) is 0 Å². The summed E-state index contributed by atoms with van der Waals surface area (Å²) in [4.78, 5) is 25.4. The fourth-order valence-corrected chi connectivity index (χ4v) is 3.30. The molecule has 1 aromatic rings. The molecule has 5 heteroatoms. The fourth-order valence-electron chi connectivity index (χ4n) is 3.30. The SMILES string of the molecule is CC1CC(NC(=O)N2CCC(C(=O)O)c3ccccc32)C1. The van der Waals surface area contributed by atoms with Gasteiger partial charge in [-0.3, -0.25) is 9.69 Å². The van der Waals surface area contributed by atoms with E-state index in [2.05, 4.69) is 12.2 Å². The summed E-state index contributed by atoms with van der Waals surface area (Å²) in [6, 6.07) is 7.45. The summed E-state index contributed by atoms with van der Waals surface area (Å²) in [6.07, 6.45) is 2.51. The number of amides is 2. The molecule has 1 saturated carbocycles. The van der Waals surface area contributed by atoms with Gasteiger partial charge < -0.3 is 10.4 Å². The largest absolute Gasteiger partial charge is 0.481 e. The van der Waals surface area contributed by atoms with E-state index in [0.717, 1.165) is 24.1 Å². The number of rotatable bonds is 2. The summed E-state index contributed by atoms with van der Waals surface area (Å²) in [7, 11) is 0. The molecule has 1 aromatic carbocycles. The molecule has 0 spiro atoms. The molecule has 0 saturated heterocycles. The van der Waals surface area contributed by atoms with E-state index in [1.54, 1.807) is 11.0 Å². The number of carbonyl (C=O) groups is 2. The molecule has 2 N–H and O–H groups in total. The van der Waals surface area contributed by atoms with E-state index < -0.39 is 11.9 Å². The smallest absolute Gasteiger partial charge is 0.322 e. The molecule has 0 aromatic heterocycles. The van der Waals surface area contributed by atoms with E-state index >= 15 is 0 Å². The Bertz CT molecular complexity index is 566. The molecule has 0 radical (unpaired) electrons. The van der Waals surface area contributed by atoms with Gasteiger partial charge in [-0.2, -0.15) is 0 Å². The van der Waals surface area contributed by atoms with Crippen molar-refractivity contribution in [2.24, 2.45) is 5.92 Å². The van der Waals surface area contributed by atoms with Gasteiger partial charge in [0, 0.05) is 18.3 Å². The van der Waals surface area contributed by atoms with Crippen LogP contribution >= 0.6 is 0 Å². The molecule has 1 heterocycles. The Kier molecular flexibility index (Phi) is 3.57. The lowest BCUT2D eigenvalue weighted by atomic mass is 9.82. The van der Waals surface area contributed by atoms with E-state index in [4.69, 9.17) is 0 Å². The van der Waals surface area contributed by atoms with Crippen molar-refractivity contribution in [2.75, 3.05) is 11.4 Å². The number of fused-ring (bicyclic) bond motifs is 1. The van der Waals surface area contributed by atoms with Gasteiger partial charge in [0.1, 0.15) is 0 Å². The van der Waals surface area contributed by atoms with Gasteiger partial charge in [0.05, 0.1) is 5.92 Å². The number of carboxylic acids is 1. The average molecular weight is 288 g/mol. The number of carboxylic acid groups (broad SMARTS) is 1. The zero-order valence-corrected chi connectivity index (χ0v) is 12.1. The monoisotopic (exact) mass is 288 g/mol. The molecule has 112 valence electrons. The number of urea groups is 1. The molecular formula is C16H20N2O3. The highest BCUT2D eigenvalue weighted by molar-refractivity contribution is 5.95. The molecule has 21 heavy (non-hydrogen) atoms. The van der Waals surface area contributed by atoms with Crippen LogP contribution in [-0.2, 0) is 4.79 Å². The van der Waals surface area contributed by atoms with Crippen molar-refractivity contribution in [1.29, 1.82) is 0 Å². The summed E-state index contributed by atoms with van der Waals surface area (Å²) in [6.45, 7) is 2.62. The van der Waals surface area contributed by atoms with Gasteiger partial charge >= 0.3 is 12.0 Å². The van der Waals surface area contributed by atoms with Crippen LogP contribution in [0.1, 0.15) is 37.7 Å². The Morgan fingerprint density at radius 1 is 1.29 bits per heavy atom. The quantitative estimate of drug-likeness (QED) is 0.878. The number of hydrogen-bond acceptors (Lipinski definition) is 2. The highest BCUT2D eigenvalue weighted by Crippen LogP contribution is 2.35. The van der Waals surface area contributed by atoms with Crippen LogP contribution in [0.3, 0.4) is 0 Å². The molecule has 2 aliphatic rings. The van der Waals surface area contributed by atoms with E-state index in [9.17, 15) is 14.7 Å². The summed E-state index contributed by atoms with van der Waals surface area (Å²) in [5, 5.41) is 12.4. The third-order valence-electron chi connectivity index (χ3n) is 4.49. The first-order chi connectivity index (χ1) is 10.1. The predicted molar refractivity (Wildman–Crippen MR) is 79.5 cm³/mol. The highest BCUT2D eigenvalue weighted by Gasteiger charge is 2.34. The number of aliphatic carboxylic acids is 1. The molecule has 2 amide bonds. The lowest BCUT2D eigenvalue weighted by Crippen LogP contribution is -2.51. The molecule has 5 nitrogen and oxygen atoms in total. The summed E-state index contributed by atoms with van der Waals surface area (Å²) in [5.41, 5.74) is 1.45. The second-order valence-corrected chi connectivity index (χ2v) is 6.11. The van der Waals surface area contributed by atoms with E-state index in [-0.39, 0.29) is 12.1 Å². The zero-order valence-electron chi connectivity index (χ0n) is 12.1. The number of nitrogens with one attached hydrogen (secondary N) is 1. The molecule has 1 aliphatic heterocycles. The second-order valence-electron chi connectivity index (χ2n) is 6.11. The van der Waals surface area contributed by atoms with Crippen LogP contribution in [-0.4, -0.2) is 29.7 Å². The Morgan fingerprint density at radius 2 is 2.00 bits per heavy atom. The highest BCUT2D eigenvalue weighted by atomic mass is 16.4. The Balaban J connectivity index is 1.79. The van der Waals surface area contributed by atoms with Crippen molar-refractivity contribution in [3.8, 4) is 0 Å². The summed E-state index contributed by atoms with van der Waals surface area (Å²) < 4.78 is 0. The van der Waals surface area contributed by atoms with Crippen LogP contribution in [0.5, 0.6) is 0 Å². The molecule has 0 bridgehead atoms. The van der Waals surface area contributed by atoms with E-state index in [0.29, 0.717) is 18.9 Å². The molecule has 1 fully saturated rings. The summed E-state index contributed by atoms with van der Waals surface area (Å²) in [5.74, 6) is -0.662. The number of nitrogens with zero attached hydrogens (tertiary/aromatic N) is 1. The lowest BCUT2D eigenvalue weighted by molar-refractivity contribution is -0.139. The van der Waals surface area contributed by atoms with Crippen LogP contribution in [0, 0.1) is 5.92 Å². The maximum absolute atomic E-state index is 12.4. The number of hydrogen-bond donors (Lipinski definition) is 2. The van der Waals surface area contributed by atoms with Gasteiger partial charge in [-0.25, -0.2) is 4.79 Å². The maximum atomic E-state index is 12.4. The number of anilines is 1. The van der Waals surface area contributed by atoms with Crippen molar-refractivity contribution in [3.63, 3.8) is 0 Å². The van der Waals surface area contributed by atoms with Crippen molar-refractivity contribution >= 4 is 17.7 Å². The van der Waals surface area contributed by atoms with Crippen LogP contribution in [0.2, 0.25) is 0 Å². The zero-order chi connectivity index (χ0) is 15.0. The maximum Gasteiger partial charge on any atom is 0.322 e. The molecule has 1 atom stereocenters. The van der Waals surface area contributed by atoms with Crippen molar-refractivity contribution in [1.82, 2.24) is 5.32 Å². The van der Waals surface area contributed by atoms with E-state index in [1.165, 1.54) is 0 Å². The van der Waals surface area contributed by atoms with Crippen molar-refractivity contribution in [2.45, 2.75) is 38.1 Å². The number of carbonyl (C=O) groups excluding carboxylic acids is 1. The topological polar surface area (TPSA) is 69.6 Å². The lowest BCUT2D eigenvalue weighted by Gasteiger charge is -2.37. The molecule has 3 rings (SSSR count). The molecule has 1 aliphatic carbocycles. The first-order valence-corrected chi connectivity index (χ1v) is 7.46. The number of benzene rings is 1. The third-order valence-corrected chi connectivity index (χ3v) is 4.49. The Hall–Kier alpha value is -2.04. The van der Waals surface area contributed by atoms with Gasteiger partial charge in [0.2, 0.25) is 0 Å². The fraction of sp³-hybridized carbons (Fsp3) is 0.500. The van der Waals surface area contributed by atoms with Crippen LogP contribution in [0.15, 0.2) is 24.3 Å². The Morgan fingerprint density at radius 3 is 2.67 bits per heavy atom. The third kappa shape index (κ3) is 2.60. The van der Waals surface area contributed by atoms with Gasteiger partial charge in [0.15, 0.2) is 0 Å². The minimum atomic E-state index is -0.824. The predicted octanol–water partition coefficient (Wildman–Crippen LogP) is 2.57. The average Bonchev–Trinajstić information content (AvgIpc) is 2.44. The minimum Gasteiger partial charge on any atom is -0.481 e. The van der Waals surface area contributed by atoms with Gasteiger partial charge in [-0.05, 0) is 36.8 Å². The summed E-state index contributed by atoms with van der Waals surface area (Å²) >= 11 is 0. The van der Waals surface area contributed by atoms with Crippen LogP contribution < -0.4 is 10.2 Å². The normalized spacial score (nSPS) is 27.5.